The van der Waals surface area contributed by atoms with Crippen LogP contribution in [0.15, 0.2) is 17.5 Å². The fourth-order valence-electron chi connectivity index (χ4n) is 0.925. The summed E-state index contributed by atoms with van der Waals surface area (Å²) in [5.41, 5.74) is 0. The molecule has 0 aliphatic carbocycles. The molecule has 70 valence electrons. The Kier molecular flexibility index (Phi) is 4.52. The van der Waals surface area contributed by atoms with E-state index in [1.54, 1.807) is 11.3 Å². The molecule has 0 aromatic carbocycles. The second-order valence-corrected chi connectivity index (χ2v) is 3.97. The maximum Gasteiger partial charge on any atom is 0.0677 e. The molecule has 1 unspecified atom stereocenters. The third-order valence-electron chi connectivity index (χ3n) is 1.66. The summed E-state index contributed by atoms with van der Waals surface area (Å²) >= 11 is 1.74. The summed E-state index contributed by atoms with van der Waals surface area (Å²) in [6.45, 7) is 3.12. The largest absolute Gasteiger partial charge is 0.380 e. The zero-order valence-corrected chi connectivity index (χ0v) is 8.51. The van der Waals surface area contributed by atoms with Gasteiger partial charge in [0.1, 0.15) is 0 Å². The Labute approximate surface area is 82.8 Å². The Morgan fingerprint density at radius 3 is 3.15 bits per heavy atom. The fourth-order valence-corrected chi connectivity index (χ4v) is 1.62. The minimum absolute atomic E-state index is 0.00309. The molecule has 0 spiro atoms. The minimum Gasteiger partial charge on any atom is -0.380 e. The van der Waals surface area contributed by atoms with Crippen LogP contribution in [0.4, 0.5) is 0 Å². The minimum atomic E-state index is 0.00309. The summed E-state index contributed by atoms with van der Waals surface area (Å²) in [4.78, 5) is 1.34. The van der Waals surface area contributed by atoms with Crippen LogP contribution in [0.5, 0.6) is 0 Å². The Morgan fingerprint density at radius 2 is 2.54 bits per heavy atom. The summed E-state index contributed by atoms with van der Waals surface area (Å²) in [5.74, 6) is 0.00309. The van der Waals surface area contributed by atoms with Crippen molar-refractivity contribution in [2.75, 3.05) is 13.2 Å². The predicted octanol–water partition coefficient (Wildman–Crippen LogP) is 2.47. The van der Waals surface area contributed by atoms with E-state index in [0.717, 1.165) is 6.42 Å². The van der Waals surface area contributed by atoms with Crippen LogP contribution in [0, 0.1) is 17.2 Å². The molecule has 0 saturated carbocycles. The number of rotatable bonds is 5. The molecule has 0 bridgehead atoms. The predicted molar refractivity (Wildman–Crippen MR) is 53.6 cm³/mol. The summed E-state index contributed by atoms with van der Waals surface area (Å²) in [6, 6.07) is 6.27. The van der Waals surface area contributed by atoms with Crippen LogP contribution in [0.1, 0.15) is 11.8 Å². The van der Waals surface area contributed by atoms with Gasteiger partial charge in [-0.3, -0.25) is 0 Å². The Balaban J connectivity index is 2.06. The Bertz CT molecular complexity index is 263. The van der Waals surface area contributed by atoms with Crippen LogP contribution < -0.4 is 0 Å². The lowest BCUT2D eigenvalue weighted by molar-refractivity contribution is 0.122. The van der Waals surface area contributed by atoms with Gasteiger partial charge < -0.3 is 4.74 Å². The van der Waals surface area contributed by atoms with Gasteiger partial charge in [0.25, 0.3) is 0 Å². The number of hydrogen-bond donors (Lipinski definition) is 0. The van der Waals surface area contributed by atoms with E-state index in [1.807, 2.05) is 13.0 Å². The quantitative estimate of drug-likeness (QED) is 0.676. The zero-order chi connectivity index (χ0) is 9.52. The van der Waals surface area contributed by atoms with Crippen LogP contribution >= 0.6 is 11.3 Å². The smallest absolute Gasteiger partial charge is 0.0677 e. The van der Waals surface area contributed by atoms with Gasteiger partial charge in [-0.25, -0.2) is 0 Å². The number of ether oxygens (including phenoxy) is 1. The van der Waals surface area contributed by atoms with E-state index in [4.69, 9.17) is 10.00 Å². The van der Waals surface area contributed by atoms with Crippen LogP contribution in [-0.4, -0.2) is 13.2 Å². The van der Waals surface area contributed by atoms with Gasteiger partial charge in [-0.05, 0) is 18.4 Å². The van der Waals surface area contributed by atoms with Crippen molar-refractivity contribution in [3.8, 4) is 6.07 Å². The lowest BCUT2D eigenvalue weighted by Crippen LogP contribution is -2.05. The standard InChI is InChI=1S/C10H13NOS/c1-9(7-11)8-12-5-4-10-3-2-6-13-10/h2-3,6,9H,4-5,8H2,1H3. The normalized spacial score (nSPS) is 12.3. The maximum absolute atomic E-state index is 8.49. The van der Waals surface area contributed by atoms with Gasteiger partial charge in [0.2, 0.25) is 0 Å². The van der Waals surface area contributed by atoms with Gasteiger partial charge in [-0.2, -0.15) is 5.26 Å². The molecular weight excluding hydrogens is 182 g/mol. The molecule has 2 nitrogen and oxygen atoms in total. The van der Waals surface area contributed by atoms with Crippen molar-refractivity contribution in [1.29, 1.82) is 5.26 Å². The van der Waals surface area contributed by atoms with E-state index >= 15 is 0 Å². The molecule has 1 rings (SSSR count). The number of hydrogen-bond acceptors (Lipinski definition) is 3. The van der Waals surface area contributed by atoms with E-state index in [9.17, 15) is 0 Å². The SMILES string of the molecule is CC(C#N)COCCc1cccs1. The summed E-state index contributed by atoms with van der Waals surface area (Å²) in [5, 5.41) is 10.6. The number of thiophene rings is 1. The summed E-state index contributed by atoms with van der Waals surface area (Å²) in [6.07, 6.45) is 0.954. The van der Waals surface area contributed by atoms with E-state index in [2.05, 4.69) is 17.5 Å². The molecule has 0 saturated heterocycles. The molecule has 0 aliphatic heterocycles. The van der Waals surface area contributed by atoms with Crippen molar-refractivity contribution >= 4 is 11.3 Å². The van der Waals surface area contributed by atoms with Gasteiger partial charge in [-0.1, -0.05) is 6.07 Å². The van der Waals surface area contributed by atoms with Crippen molar-refractivity contribution in [3.05, 3.63) is 22.4 Å². The summed E-state index contributed by atoms with van der Waals surface area (Å²) in [7, 11) is 0. The fraction of sp³-hybridized carbons (Fsp3) is 0.500. The van der Waals surface area contributed by atoms with Gasteiger partial charge in [0.15, 0.2) is 0 Å². The second kappa shape index (κ2) is 5.74. The molecule has 1 heterocycles. The molecule has 0 radical (unpaired) electrons. The average Bonchev–Trinajstić information content (AvgIpc) is 2.64. The van der Waals surface area contributed by atoms with E-state index in [1.165, 1.54) is 4.88 Å². The van der Waals surface area contributed by atoms with Gasteiger partial charge in [0.05, 0.1) is 25.2 Å². The van der Waals surface area contributed by atoms with Crippen LogP contribution in [0.3, 0.4) is 0 Å². The van der Waals surface area contributed by atoms with Gasteiger partial charge in [-0.15, -0.1) is 11.3 Å². The highest BCUT2D eigenvalue weighted by Gasteiger charge is 1.99. The van der Waals surface area contributed by atoms with Crippen LogP contribution in [-0.2, 0) is 11.2 Å². The van der Waals surface area contributed by atoms with Crippen molar-refractivity contribution in [3.63, 3.8) is 0 Å². The first-order chi connectivity index (χ1) is 6.33. The zero-order valence-electron chi connectivity index (χ0n) is 7.69. The number of nitriles is 1. The Hall–Kier alpha value is -0.850. The number of nitrogens with zero attached hydrogens (tertiary/aromatic N) is 1. The van der Waals surface area contributed by atoms with Crippen molar-refractivity contribution < 1.29 is 4.74 Å². The third-order valence-corrected chi connectivity index (χ3v) is 2.60. The van der Waals surface area contributed by atoms with E-state index in [0.29, 0.717) is 13.2 Å². The summed E-state index contributed by atoms with van der Waals surface area (Å²) < 4.78 is 5.34. The monoisotopic (exact) mass is 195 g/mol. The first-order valence-electron chi connectivity index (χ1n) is 4.32. The van der Waals surface area contributed by atoms with E-state index < -0.39 is 0 Å². The van der Waals surface area contributed by atoms with E-state index in [-0.39, 0.29) is 5.92 Å². The molecule has 13 heavy (non-hydrogen) atoms. The molecule has 1 aromatic rings. The van der Waals surface area contributed by atoms with Gasteiger partial charge in [0, 0.05) is 11.3 Å². The van der Waals surface area contributed by atoms with Crippen molar-refractivity contribution in [1.82, 2.24) is 0 Å². The first kappa shape index (κ1) is 10.2. The van der Waals surface area contributed by atoms with Crippen LogP contribution in [0.2, 0.25) is 0 Å². The molecular formula is C10H13NOS. The molecule has 0 fully saturated rings. The Morgan fingerprint density at radius 1 is 1.69 bits per heavy atom. The highest BCUT2D eigenvalue weighted by molar-refractivity contribution is 7.09. The average molecular weight is 195 g/mol. The second-order valence-electron chi connectivity index (χ2n) is 2.93. The first-order valence-corrected chi connectivity index (χ1v) is 5.20. The molecule has 0 N–H and O–H groups in total. The molecule has 0 aliphatic rings. The third kappa shape index (κ3) is 4.07. The topological polar surface area (TPSA) is 33.0 Å². The molecule has 0 amide bonds. The van der Waals surface area contributed by atoms with Gasteiger partial charge >= 0.3 is 0 Å². The van der Waals surface area contributed by atoms with Crippen LogP contribution in [0.25, 0.3) is 0 Å². The molecule has 3 heteroatoms. The maximum atomic E-state index is 8.49. The highest BCUT2D eigenvalue weighted by Crippen LogP contribution is 2.09. The lowest BCUT2D eigenvalue weighted by Gasteiger charge is -2.03. The lowest BCUT2D eigenvalue weighted by atomic mass is 10.2. The van der Waals surface area contributed by atoms with Crippen molar-refractivity contribution in [2.24, 2.45) is 5.92 Å². The van der Waals surface area contributed by atoms with Crippen molar-refractivity contribution in [2.45, 2.75) is 13.3 Å². The highest BCUT2D eigenvalue weighted by atomic mass is 32.1. The molecule has 1 atom stereocenters. The molecule has 1 aromatic heterocycles.